The highest BCUT2D eigenvalue weighted by Gasteiger charge is 2.42. The minimum atomic E-state index is -0.746. The molecule has 8 rings (SSSR count). The van der Waals surface area contributed by atoms with E-state index in [0.29, 0.717) is 32.0 Å². The molecule has 15 heteroatoms. The van der Waals surface area contributed by atoms with E-state index in [1.54, 1.807) is 0 Å². The minimum absolute atomic E-state index is 0.111. The number of benzene rings is 3. The highest BCUT2D eigenvalue weighted by Crippen LogP contribution is 2.39. The number of ether oxygens (including phenoxy) is 3. The summed E-state index contributed by atoms with van der Waals surface area (Å²) in [7, 11) is 2.60. The lowest BCUT2D eigenvalue weighted by atomic mass is 9.99. The molecule has 1 aliphatic carbocycles. The first kappa shape index (κ1) is 44.6. The topological polar surface area (TPSA) is 184 Å². The van der Waals surface area contributed by atoms with Crippen LogP contribution < -0.4 is 10.6 Å². The third kappa shape index (κ3) is 9.45. The van der Waals surface area contributed by atoms with E-state index in [9.17, 15) is 19.2 Å². The Morgan fingerprint density at radius 2 is 1.36 bits per heavy atom. The van der Waals surface area contributed by atoms with Gasteiger partial charge in [-0.15, -0.1) is 0 Å². The summed E-state index contributed by atoms with van der Waals surface area (Å²) >= 11 is 0. The van der Waals surface area contributed by atoms with Crippen LogP contribution in [0, 0.1) is 23.7 Å². The van der Waals surface area contributed by atoms with E-state index in [2.05, 4.69) is 69.1 Å². The highest BCUT2D eigenvalue weighted by atomic mass is 16.5. The third-order valence-corrected chi connectivity index (χ3v) is 13.4. The maximum Gasteiger partial charge on any atom is 0.407 e. The number of imidazole rings is 2. The SMILES string of the molecule is COC(=O)N[C@H](C(=O)N1CCC[C@H]1c1ncc(-c2ccc(-c3ccc4c(ccc5nc([C@@H]6C[C@H](COCC7CCCC7)CN6C(=O)[C@@H](NC(=O)OC)C(C)C)[nH]c54)c3)cc2)[nH]1)C(C)C. The molecule has 64 heavy (non-hydrogen) atoms. The van der Waals surface area contributed by atoms with Gasteiger partial charge in [0.2, 0.25) is 11.8 Å². The van der Waals surface area contributed by atoms with E-state index in [1.165, 1.54) is 39.9 Å². The summed E-state index contributed by atoms with van der Waals surface area (Å²) < 4.78 is 15.9. The van der Waals surface area contributed by atoms with Crippen LogP contribution in [0.2, 0.25) is 0 Å². The van der Waals surface area contributed by atoms with E-state index in [-0.39, 0.29) is 41.7 Å². The zero-order valence-corrected chi connectivity index (χ0v) is 37.8. The number of fused-ring (bicyclic) bond motifs is 3. The van der Waals surface area contributed by atoms with Crippen molar-refractivity contribution < 1.29 is 33.4 Å². The van der Waals surface area contributed by atoms with Gasteiger partial charge in [-0.1, -0.05) is 83.0 Å². The molecule has 4 heterocycles. The number of aromatic nitrogens is 4. The van der Waals surface area contributed by atoms with E-state index >= 15 is 0 Å². The van der Waals surface area contributed by atoms with Crippen LogP contribution in [-0.2, 0) is 23.8 Å². The number of nitrogens with one attached hydrogen (secondary N) is 4. The number of alkyl carbamates (subject to hydrolysis) is 2. The number of hydrogen-bond donors (Lipinski definition) is 4. The average Bonchev–Trinajstić information content (AvgIpc) is 4.16. The fourth-order valence-electron chi connectivity index (χ4n) is 9.86. The van der Waals surface area contributed by atoms with Gasteiger partial charge in [-0.2, -0.15) is 0 Å². The zero-order valence-electron chi connectivity index (χ0n) is 37.8. The summed E-state index contributed by atoms with van der Waals surface area (Å²) in [6.07, 6.45) is 7.84. The normalized spacial score (nSPS) is 20.1. The van der Waals surface area contributed by atoms with Crippen LogP contribution in [0.15, 0.2) is 60.8 Å². The van der Waals surface area contributed by atoms with Crippen molar-refractivity contribution >= 4 is 45.8 Å². The van der Waals surface area contributed by atoms with E-state index in [1.807, 2.05) is 49.8 Å². The Morgan fingerprint density at radius 3 is 2.03 bits per heavy atom. The van der Waals surface area contributed by atoms with Gasteiger partial charge >= 0.3 is 12.2 Å². The van der Waals surface area contributed by atoms with Gasteiger partial charge in [0.15, 0.2) is 0 Å². The predicted molar refractivity (Wildman–Crippen MR) is 244 cm³/mol. The molecule has 2 aliphatic heterocycles. The predicted octanol–water partition coefficient (Wildman–Crippen LogP) is 8.29. The number of aromatic amines is 2. The fraction of sp³-hybridized carbons (Fsp3) is 0.510. The Hall–Kier alpha value is -5.96. The number of amides is 4. The van der Waals surface area contributed by atoms with Crippen LogP contribution in [0.3, 0.4) is 0 Å². The number of methoxy groups -OCH3 is 2. The molecule has 1 saturated carbocycles. The third-order valence-electron chi connectivity index (χ3n) is 13.4. The smallest absolute Gasteiger partial charge is 0.407 e. The Labute approximate surface area is 374 Å². The van der Waals surface area contributed by atoms with E-state index in [0.717, 1.165) is 75.3 Å². The Bertz CT molecular complexity index is 2460. The zero-order chi connectivity index (χ0) is 45.1. The van der Waals surface area contributed by atoms with Gasteiger partial charge in [0.1, 0.15) is 23.7 Å². The van der Waals surface area contributed by atoms with Crippen LogP contribution in [0.25, 0.3) is 44.2 Å². The summed E-state index contributed by atoms with van der Waals surface area (Å²) in [5.74, 6) is 1.63. The maximum atomic E-state index is 14.3. The molecule has 5 atom stereocenters. The van der Waals surface area contributed by atoms with Crippen LogP contribution in [0.5, 0.6) is 0 Å². The summed E-state index contributed by atoms with van der Waals surface area (Å²) in [4.78, 5) is 72.8. The molecule has 0 bridgehead atoms. The molecule has 5 aromatic rings. The van der Waals surface area contributed by atoms with Gasteiger partial charge < -0.3 is 44.6 Å². The standard InChI is InChI=1S/C49H62N8O7/c1-28(2)41(54-48(60)62-5)46(58)56-21-9-12-39(56)44-50-24-38(52-44)33-15-13-32(14-16-33)34-17-19-36-35(23-34)18-20-37-43(36)53-45(51-37)40-22-31(27-64-26-30-10-7-8-11-30)25-57(40)47(59)42(29(3)4)55-49(61)63-6/h13-20,23-24,28-31,39-42H,7-12,21-22,25-27H2,1-6H3,(H,50,52)(H,51,53)(H,54,60)(H,55,61)/t31-,39-,40-,41-,42-/m0/s1. The van der Waals surface area contributed by atoms with Crippen molar-refractivity contribution in [1.82, 2.24) is 40.4 Å². The molecule has 15 nitrogen and oxygen atoms in total. The number of carbonyl (C=O) groups is 4. The van der Waals surface area contributed by atoms with Crippen molar-refractivity contribution in [2.24, 2.45) is 23.7 Å². The molecule has 4 N–H and O–H groups in total. The number of nitrogens with zero attached hydrogens (tertiary/aromatic N) is 4. The average molecular weight is 875 g/mol. The largest absolute Gasteiger partial charge is 0.453 e. The van der Waals surface area contributed by atoms with Crippen LogP contribution in [0.1, 0.15) is 96.4 Å². The van der Waals surface area contributed by atoms with E-state index in [4.69, 9.17) is 24.2 Å². The number of carbonyl (C=O) groups excluding carboxylic acids is 4. The molecule has 3 fully saturated rings. The molecule has 340 valence electrons. The van der Waals surface area contributed by atoms with Crippen LogP contribution in [-0.4, -0.2) is 106 Å². The van der Waals surface area contributed by atoms with E-state index < -0.39 is 24.3 Å². The molecular weight excluding hydrogens is 813 g/mol. The number of likely N-dealkylation sites (tertiary alicyclic amines) is 2. The van der Waals surface area contributed by atoms with Crippen molar-refractivity contribution in [2.75, 3.05) is 40.5 Å². The molecule has 3 aromatic carbocycles. The molecule has 0 radical (unpaired) electrons. The number of hydrogen-bond acceptors (Lipinski definition) is 9. The van der Waals surface area contributed by atoms with Crippen molar-refractivity contribution in [2.45, 2.75) is 96.8 Å². The van der Waals surface area contributed by atoms with Gasteiger partial charge in [-0.05, 0) is 84.1 Å². The van der Waals surface area contributed by atoms with Crippen molar-refractivity contribution in [1.29, 1.82) is 0 Å². The van der Waals surface area contributed by atoms with Gasteiger partial charge in [0.05, 0.1) is 55.8 Å². The van der Waals surface area contributed by atoms with Crippen LogP contribution in [0.4, 0.5) is 9.59 Å². The Balaban J connectivity index is 0.992. The van der Waals surface area contributed by atoms with Gasteiger partial charge in [-0.3, -0.25) is 9.59 Å². The molecular formula is C49H62N8O7. The van der Waals surface area contributed by atoms with Crippen molar-refractivity contribution in [3.63, 3.8) is 0 Å². The quantitative estimate of drug-likeness (QED) is 0.0853. The first-order chi connectivity index (χ1) is 30.9. The van der Waals surface area contributed by atoms with Gasteiger partial charge in [0.25, 0.3) is 0 Å². The lowest BCUT2D eigenvalue weighted by molar-refractivity contribution is -0.136. The summed E-state index contributed by atoms with van der Waals surface area (Å²) in [6, 6.07) is 16.9. The minimum Gasteiger partial charge on any atom is -0.453 e. The second kappa shape index (κ2) is 19.4. The molecule has 2 aromatic heterocycles. The Kier molecular flexibility index (Phi) is 13.5. The first-order valence-corrected chi connectivity index (χ1v) is 22.9. The van der Waals surface area contributed by atoms with Crippen molar-refractivity contribution in [3.05, 3.63) is 72.4 Å². The number of H-pyrrole nitrogens is 2. The lowest BCUT2D eigenvalue weighted by Gasteiger charge is -2.30. The fourth-order valence-corrected chi connectivity index (χ4v) is 9.86. The van der Waals surface area contributed by atoms with Gasteiger partial charge in [-0.25, -0.2) is 19.6 Å². The molecule has 3 aliphatic rings. The van der Waals surface area contributed by atoms with Crippen molar-refractivity contribution in [3.8, 4) is 22.4 Å². The molecule has 0 unspecified atom stereocenters. The summed E-state index contributed by atoms with van der Waals surface area (Å²) in [6.45, 7) is 10.1. The van der Waals surface area contributed by atoms with Gasteiger partial charge in [0, 0.05) is 31.0 Å². The molecule has 0 spiro atoms. The Morgan fingerprint density at radius 1 is 0.719 bits per heavy atom. The summed E-state index contributed by atoms with van der Waals surface area (Å²) in [5.41, 5.74) is 5.68. The lowest BCUT2D eigenvalue weighted by Crippen LogP contribution is -2.51. The molecule has 4 amide bonds. The first-order valence-electron chi connectivity index (χ1n) is 22.9. The summed E-state index contributed by atoms with van der Waals surface area (Å²) in [5, 5.41) is 7.57. The maximum absolute atomic E-state index is 14.3. The van der Waals surface area contributed by atoms with Crippen LogP contribution >= 0.6 is 0 Å². The highest BCUT2D eigenvalue weighted by molar-refractivity contribution is 6.05. The monoisotopic (exact) mass is 874 g/mol. The molecule has 2 saturated heterocycles. The second-order valence-corrected chi connectivity index (χ2v) is 18.5. The second-order valence-electron chi connectivity index (χ2n) is 18.5. The number of rotatable bonds is 14.